The average Bonchev–Trinajstić information content (AvgIpc) is 2.73. The Morgan fingerprint density at radius 3 is 2.32 bits per heavy atom. The molecule has 0 bridgehead atoms. The molecule has 3 rings (SSSR count). The Hall–Kier alpha value is -2.47. The van der Waals surface area contributed by atoms with Gasteiger partial charge in [-0.1, -0.05) is 29.4 Å². The topological polar surface area (TPSA) is 42.8 Å². The van der Waals surface area contributed by atoms with Gasteiger partial charge in [0.05, 0.1) is 7.05 Å². The highest BCUT2D eigenvalue weighted by Crippen LogP contribution is 2.29. The number of carbonyl (C=O) groups excluding carboxylic acids is 1. The zero-order valence-corrected chi connectivity index (χ0v) is 19.6. The Kier molecular flexibility index (Phi) is 8.41. The third kappa shape index (κ3) is 7.62. The van der Waals surface area contributed by atoms with Crippen molar-refractivity contribution in [2.75, 3.05) is 32.1 Å². The molecule has 3 aromatic carbocycles. The maximum Gasteiger partial charge on any atom is 0.279 e. The van der Waals surface area contributed by atoms with Crippen LogP contribution < -0.4 is 15.0 Å². The number of ether oxygens (including phenoxy) is 1. The summed E-state index contributed by atoms with van der Waals surface area (Å²) >= 11 is 7.59. The zero-order chi connectivity index (χ0) is 22.2. The van der Waals surface area contributed by atoms with E-state index in [9.17, 15) is 4.79 Å². The third-order valence-corrected chi connectivity index (χ3v) is 6.18. The van der Waals surface area contributed by atoms with Gasteiger partial charge in [0.1, 0.15) is 18.9 Å². The minimum absolute atomic E-state index is 0.0152. The minimum Gasteiger partial charge on any atom is -0.488 e. The number of aryl methyl sites for hydroxylation is 2. The van der Waals surface area contributed by atoms with Gasteiger partial charge in [-0.2, -0.15) is 0 Å². The lowest BCUT2D eigenvalue weighted by Crippen LogP contribution is -3.10. The Balaban J connectivity index is 1.42. The Bertz CT molecular complexity index is 1010. The van der Waals surface area contributed by atoms with E-state index in [1.165, 1.54) is 16.0 Å². The third-order valence-electron chi connectivity index (χ3n) is 4.93. The van der Waals surface area contributed by atoms with Crippen LogP contribution in [0.5, 0.6) is 5.75 Å². The van der Waals surface area contributed by atoms with Crippen LogP contribution in [0.25, 0.3) is 0 Å². The van der Waals surface area contributed by atoms with Crippen LogP contribution in [0.3, 0.4) is 0 Å². The number of halogens is 1. The number of carbonyl (C=O) groups is 1. The highest BCUT2D eigenvalue weighted by atomic mass is 35.5. The smallest absolute Gasteiger partial charge is 0.279 e. The number of hydrogen-bond acceptors (Lipinski definition) is 3. The van der Waals surface area contributed by atoms with E-state index in [1.807, 2.05) is 43.4 Å². The zero-order valence-electron chi connectivity index (χ0n) is 18.1. The van der Waals surface area contributed by atoms with Crippen molar-refractivity contribution in [2.45, 2.75) is 23.6 Å². The van der Waals surface area contributed by atoms with Gasteiger partial charge in [0, 0.05) is 20.5 Å². The van der Waals surface area contributed by atoms with Gasteiger partial charge in [-0.05, 0) is 85.6 Å². The normalized spacial score (nSPS) is 11.7. The number of hydrogen-bond donors (Lipinski definition) is 2. The molecule has 3 aromatic rings. The summed E-state index contributed by atoms with van der Waals surface area (Å²) in [6.07, 6.45) is 0. The van der Waals surface area contributed by atoms with Crippen molar-refractivity contribution in [2.24, 2.45) is 0 Å². The summed E-state index contributed by atoms with van der Waals surface area (Å²) in [5.41, 5.74) is 3.39. The summed E-state index contributed by atoms with van der Waals surface area (Å²) in [6.45, 7) is 5.88. The molecule has 2 N–H and O–H groups in total. The molecular formula is C25H28ClN2O2S+. The fourth-order valence-electron chi connectivity index (χ4n) is 2.96. The van der Waals surface area contributed by atoms with E-state index >= 15 is 0 Å². The van der Waals surface area contributed by atoms with Gasteiger partial charge in [-0.3, -0.25) is 4.79 Å². The molecule has 0 radical (unpaired) electrons. The lowest BCUT2D eigenvalue weighted by Gasteiger charge is -2.14. The van der Waals surface area contributed by atoms with Crippen molar-refractivity contribution in [3.05, 3.63) is 82.9 Å². The molecule has 4 nitrogen and oxygen atoms in total. The summed E-state index contributed by atoms with van der Waals surface area (Å²) in [5, 5.41) is 3.65. The van der Waals surface area contributed by atoms with Crippen molar-refractivity contribution in [1.82, 2.24) is 0 Å². The monoisotopic (exact) mass is 455 g/mol. The van der Waals surface area contributed by atoms with Crippen LogP contribution in [0.4, 0.5) is 5.69 Å². The number of nitrogens with one attached hydrogen (secondary N) is 2. The molecule has 162 valence electrons. The van der Waals surface area contributed by atoms with E-state index < -0.39 is 0 Å². The molecule has 0 aliphatic heterocycles. The van der Waals surface area contributed by atoms with Crippen molar-refractivity contribution >= 4 is 35.0 Å². The summed E-state index contributed by atoms with van der Waals surface area (Å²) in [4.78, 5) is 15.8. The fourth-order valence-corrected chi connectivity index (χ4v) is 4.00. The second-order valence-corrected chi connectivity index (χ2v) is 9.19. The second kappa shape index (κ2) is 11.2. The molecule has 0 aromatic heterocycles. The standard InChI is InChI=1S/C25H27ClN2O2S/c1-18-4-11-24(16-19(18)2)31-23-12-7-21(8-13-23)27-25(29)17-28(3)14-15-30-22-9-5-20(26)6-10-22/h4-13,16H,14-15,17H2,1-3H3,(H,27,29)/p+1. The molecule has 0 spiro atoms. The van der Waals surface area contributed by atoms with E-state index in [0.717, 1.165) is 27.8 Å². The van der Waals surface area contributed by atoms with Crippen LogP contribution in [-0.2, 0) is 4.79 Å². The van der Waals surface area contributed by atoms with E-state index in [1.54, 1.807) is 23.9 Å². The lowest BCUT2D eigenvalue weighted by molar-refractivity contribution is -0.871. The maximum atomic E-state index is 12.3. The SMILES string of the molecule is Cc1ccc(Sc2ccc(NC(=O)C[NH+](C)CCOc3ccc(Cl)cc3)cc2)cc1C. The first-order valence-corrected chi connectivity index (χ1v) is 11.4. The van der Waals surface area contributed by atoms with E-state index in [4.69, 9.17) is 16.3 Å². The number of amides is 1. The fraction of sp³-hybridized carbons (Fsp3) is 0.240. The van der Waals surface area contributed by atoms with Crippen molar-refractivity contribution in [1.29, 1.82) is 0 Å². The van der Waals surface area contributed by atoms with E-state index in [-0.39, 0.29) is 5.91 Å². The molecular weight excluding hydrogens is 428 g/mol. The first kappa shape index (κ1) is 23.2. The van der Waals surface area contributed by atoms with Crippen LogP contribution in [0, 0.1) is 13.8 Å². The van der Waals surface area contributed by atoms with Crippen molar-refractivity contribution in [3.63, 3.8) is 0 Å². The quantitative estimate of drug-likeness (QED) is 0.494. The Labute approximate surface area is 193 Å². The molecule has 1 unspecified atom stereocenters. The summed E-state index contributed by atoms with van der Waals surface area (Å²) < 4.78 is 5.69. The van der Waals surface area contributed by atoms with Gasteiger partial charge in [0.25, 0.3) is 5.91 Å². The van der Waals surface area contributed by atoms with Gasteiger partial charge in [-0.25, -0.2) is 0 Å². The van der Waals surface area contributed by atoms with Crippen molar-refractivity contribution in [3.8, 4) is 5.75 Å². The molecule has 6 heteroatoms. The second-order valence-electron chi connectivity index (χ2n) is 7.61. The Morgan fingerprint density at radius 1 is 0.968 bits per heavy atom. The average molecular weight is 456 g/mol. The number of quaternary nitrogens is 1. The number of rotatable bonds is 9. The first-order chi connectivity index (χ1) is 14.9. The summed E-state index contributed by atoms with van der Waals surface area (Å²) in [6, 6.07) is 21.7. The predicted octanol–water partition coefficient (Wildman–Crippen LogP) is 4.64. The Morgan fingerprint density at radius 2 is 1.65 bits per heavy atom. The molecule has 1 amide bonds. The molecule has 0 aliphatic carbocycles. The van der Waals surface area contributed by atoms with Gasteiger partial charge in [-0.15, -0.1) is 0 Å². The van der Waals surface area contributed by atoms with Crippen LogP contribution in [-0.4, -0.2) is 32.7 Å². The molecule has 0 heterocycles. The van der Waals surface area contributed by atoms with Gasteiger partial charge in [0.2, 0.25) is 0 Å². The largest absolute Gasteiger partial charge is 0.488 e. The molecule has 0 aliphatic rings. The number of benzene rings is 3. The highest BCUT2D eigenvalue weighted by molar-refractivity contribution is 7.99. The maximum absolute atomic E-state index is 12.3. The van der Waals surface area contributed by atoms with E-state index in [2.05, 4.69) is 37.4 Å². The van der Waals surface area contributed by atoms with Gasteiger partial charge in [0.15, 0.2) is 6.54 Å². The lowest BCUT2D eigenvalue weighted by atomic mass is 10.1. The summed E-state index contributed by atoms with van der Waals surface area (Å²) in [7, 11) is 1.98. The van der Waals surface area contributed by atoms with Crippen LogP contribution >= 0.6 is 23.4 Å². The molecule has 0 fully saturated rings. The van der Waals surface area contributed by atoms with Crippen molar-refractivity contribution < 1.29 is 14.4 Å². The molecule has 0 saturated heterocycles. The summed E-state index contributed by atoms with van der Waals surface area (Å²) in [5.74, 6) is 0.763. The predicted molar refractivity (Wildman–Crippen MR) is 129 cm³/mol. The number of anilines is 1. The molecule has 1 atom stereocenters. The van der Waals surface area contributed by atoms with Crippen LogP contribution in [0.15, 0.2) is 76.5 Å². The van der Waals surface area contributed by atoms with Gasteiger partial charge >= 0.3 is 0 Å². The highest BCUT2D eigenvalue weighted by Gasteiger charge is 2.10. The minimum atomic E-state index is -0.0152. The van der Waals surface area contributed by atoms with Gasteiger partial charge < -0.3 is 15.0 Å². The molecule has 31 heavy (non-hydrogen) atoms. The van der Waals surface area contributed by atoms with E-state index in [0.29, 0.717) is 18.2 Å². The van der Waals surface area contributed by atoms with Crippen LogP contribution in [0.2, 0.25) is 5.02 Å². The van der Waals surface area contributed by atoms with Crippen LogP contribution in [0.1, 0.15) is 11.1 Å². The molecule has 0 saturated carbocycles. The number of likely N-dealkylation sites (N-methyl/N-ethyl adjacent to an activating group) is 1. The first-order valence-electron chi connectivity index (χ1n) is 10.2.